The Morgan fingerprint density at radius 3 is 2.25 bits per heavy atom. The van der Waals surface area contributed by atoms with E-state index >= 15 is 0 Å². The second kappa shape index (κ2) is 5.80. The van der Waals surface area contributed by atoms with E-state index in [2.05, 4.69) is 0 Å². The molecule has 0 aliphatic carbocycles. The highest BCUT2D eigenvalue weighted by atomic mass is 32.2. The smallest absolute Gasteiger partial charge is 0.307 e. The second-order valence-corrected chi connectivity index (χ2v) is 6.23. The Bertz CT molecular complexity index is 633. The average molecular weight is 311 g/mol. The molecule has 0 saturated carbocycles. The van der Waals surface area contributed by atoms with Crippen molar-refractivity contribution in [3.05, 3.63) is 29.6 Å². The van der Waals surface area contributed by atoms with E-state index in [9.17, 15) is 26.4 Å². The van der Waals surface area contributed by atoms with Gasteiger partial charge in [-0.15, -0.1) is 0 Å². The van der Waals surface area contributed by atoms with Crippen molar-refractivity contribution in [2.24, 2.45) is 5.92 Å². The zero-order valence-electron chi connectivity index (χ0n) is 10.6. The highest BCUT2D eigenvalue weighted by Crippen LogP contribution is 2.22. The topological polar surface area (TPSA) is 74.7 Å². The summed E-state index contributed by atoms with van der Waals surface area (Å²) in [4.78, 5) is 9.61. The van der Waals surface area contributed by atoms with Crippen LogP contribution in [0, 0.1) is 23.4 Å². The molecule has 1 unspecified atom stereocenters. The van der Waals surface area contributed by atoms with Crippen molar-refractivity contribution in [2.45, 2.75) is 11.8 Å². The Hall–Kier alpha value is -1.61. The standard InChI is InChI=1S/C11H12F3NO4S/c1-6(11(16)17)5-15(2)20(18,19)10-4-8(13)7(12)3-9(10)14/h3-4,6H,5H2,1-2H3,(H,16,17). The number of carboxylic acids is 1. The van der Waals surface area contributed by atoms with E-state index in [1.165, 1.54) is 6.92 Å². The number of benzene rings is 1. The minimum atomic E-state index is -4.45. The number of hydrogen-bond acceptors (Lipinski definition) is 3. The maximum absolute atomic E-state index is 13.5. The maximum Gasteiger partial charge on any atom is 0.307 e. The van der Waals surface area contributed by atoms with Gasteiger partial charge in [-0.05, 0) is 6.07 Å². The third-order valence-corrected chi connectivity index (χ3v) is 4.45. The molecule has 0 fully saturated rings. The first-order chi connectivity index (χ1) is 9.07. The lowest BCUT2D eigenvalue weighted by Crippen LogP contribution is -2.34. The van der Waals surface area contributed by atoms with E-state index in [0.29, 0.717) is 4.31 Å². The predicted molar refractivity (Wildman–Crippen MR) is 62.9 cm³/mol. The Labute approximate surface area is 113 Å². The van der Waals surface area contributed by atoms with Crippen LogP contribution in [0.3, 0.4) is 0 Å². The van der Waals surface area contributed by atoms with Crippen molar-refractivity contribution in [2.75, 3.05) is 13.6 Å². The van der Waals surface area contributed by atoms with Crippen molar-refractivity contribution >= 4 is 16.0 Å². The molecule has 1 atom stereocenters. The molecular weight excluding hydrogens is 299 g/mol. The van der Waals surface area contributed by atoms with Gasteiger partial charge < -0.3 is 5.11 Å². The van der Waals surface area contributed by atoms with Crippen LogP contribution in [0.1, 0.15) is 6.92 Å². The van der Waals surface area contributed by atoms with Crippen molar-refractivity contribution in [1.29, 1.82) is 0 Å². The van der Waals surface area contributed by atoms with Crippen LogP contribution in [0.5, 0.6) is 0 Å². The summed E-state index contributed by atoms with van der Waals surface area (Å²) in [5.74, 6) is -6.74. The van der Waals surface area contributed by atoms with Gasteiger partial charge >= 0.3 is 5.97 Å². The number of halogens is 3. The first-order valence-electron chi connectivity index (χ1n) is 5.41. The van der Waals surface area contributed by atoms with Gasteiger partial charge in [0.25, 0.3) is 0 Å². The van der Waals surface area contributed by atoms with E-state index in [1.807, 2.05) is 0 Å². The average Bonchev–Trinajstić information content (AvgIpc) is 2.33. The van der Waals surface area contributed by atoms with Crippen LogP contribution >= 0.6 is 0 Å². The molecule has 1 aromatic carbocycles. The van der Waals surface area contributed by atoms with E-state index in [4.69, 9.17) is 5.11 Å². The predicted octanol–water partition coefficient (Wildman–Crippen LogP) is 1.45. The van der Waals surface area contributed by atoms with Gasteiger partial charge in [0.1, 0.15) is 10.7 Å². The van der Waals surface area contributed by atoms with E-state index in [1.54, 1.807) is 0 Å². The van der Waals surface area contributed by atoms with Crippen LogP contribution in [0.25, 0.3) is 0 Å². The van der Waals surface area contributed by atoms with Gasteiger partial charge in [0, 0.05) is 19.7 Å². The Morgan fingerprint density at radius 1 is 1.25 bits per heavy atom. The summed E-state index contributed by atoms with van der Waals surface area (Å²) >= 11 is 0. The SMILES string of the molecule is CC(CN(C)S(=O)(=O)c1cc(F)c(F)cc1F)C(=O)O. The fourth-order valence-corrected chi connectivity index (χ4v) is 2.75. The molecule has 0 saturated heterocycles. The molecular formula is C11H12F3NO4S. The molecule has 0 radical (unpaired) electrons. The number of carboxylic acid groups (broad SMARTS) is 1. The third kappa shape index (κ3) is 3.28. The van der Waals surface area contributed by atoms with Crippen molar-refractivity contribution in [3.63, 3.8) is 0 Å². The third-order valence-electron chi connectivity index (χ3n) is 2.62. The molecule has 9 heteroatoms. The lowest BCUT2D eigenvalue weighted by atomic mass is 10.2. The summed E-state index contributed by atoms with van der Waals surface area (Å²) < 4.78 is 63.8. The molecule has 0 aliphatic heterocycles. The number of carbonyl (C=O) groups is 1. The fourth-order valence-electron chi connectivity index (χ4n) is 1.43. The van der Waals surface area contributed by atoms with Crippen molar-refractivity contribution in [1.82, 2.24) is 4.31 Å². The minimum Gasteiger partial charge on any atom is -0.481 e. The molecule has 0 aromatic heterocycles. The second-order valence-electron chi connectivity index (χ2n) is 4.22. The maximum atomic E-state index is 13.5. The molecule has 0 spiro atoms. The molecule has 1 N–H and O–H groups in total. The van der Waals surface area contributed by atoms with Crippen LogP contribution in [0.2, 0.25) is 0 Å². The van der Waals surface area contributed by atoms with Crippen LogP contribution in [0.4, 0.5) is 13.2 Å². The van der Waals surface area contributed by atoms with Gasteiger partial charge in [-0.25, -0.2) is 21.6 Å². The van der Waals surface area contributed by atoms with Crippen LogP contribution in [-0.2, 0) is 14.8 Å². The zero-order valence-corrected chi connectivity index (χ0v) is 11.4. The number of rotatable bonds is 5. The number of nitrogens with zero attached hydrogens (tertiary/aromatic N) is 1. The first kappa shape index (κ1) is 16.4. The Balaban J connectivity index is 3.17. The summed E-state index contributed by atoms with van der Waals surface area (Å²) in [6.07, 6.45) is 0. The van der Waals surface area contributed by atoms with Gasteiger partial charge in [0.2, 0.25) is 10.0 Å². The van der Waals surface area contributed by atoms with Gasteiger partial charge in [0.05, 0.1) is 5.92 Å². The summed E-state index contributed by atoms with van der Waals surface area (Å²) in [7, 11) is -3.43. The van der Waals surface area contributed by atoms with Crippen molar-refractivity contribution in [3.8, 4) is 0 Å². The summed E-state index contributed by atoms with van der Waals surface area (Å²) in [6, 6.07) is 0.346. The number of sulfonamides is 1. The fraction of sp³-hybridized carbons (Fsp3) is 0.364. The summed E-state index contributed by atoms with van der Waals surface area (Å²) in [5.41, 5.74) is 0. The largest absolute Gasteiger partial charge is 0.481 e. The normalized spacial score (nSPS) is 13.5. The summed E-state index contributed by atoms with van der Waals surface area (Å²) in [5, 5.41) is 8.70. The molecule has 0 bridgehead atoms. The number of hydrogen-bond donors (Lipinski definition) is 1. The van der Waals surface area contributed by atoms with Gasteiger partial charge in [-0.3, -0.25) is 4.79 Å². The molecule has 20 heavy (non-hydrogen) atoms. The van der Waals surface area contributed by atoms with Crippen LogP contribution < -0.4 is 0 Å². The van der Waals surface area contributed by atoms with Gasteiger partial charge in [-0.2, -0.15) is 4.31 Å². The van der Waals surface area contributed by atoms with Gasteiger partial charge in [-0.1, -0.05) is 6.92 Å². The monoisotopic (exact) mass is 311 g/mol. The molecule has 0 heterocycles. The minimum absolute atomic E-state index is 0.122. The molecule has 112 valence electrons. The van der Waals surface area contributed by atoms with Gasteiger partial charge in [0.15, 0.2) is 11.6 Å². The highest BCUT2D eigenvalue weighted by Gasteiger charge is 2.28. The molecule has 0 amide bonds. The summed E-state index contributed by atoms with van der Waals surface area (Å²) in [6.45, 7) is 0.825. The van der Waals surface area contributed by atoms with Crippen LogP contribution in [-0.4, -0.2) is 37.4 Å². The number of aliphatic carboxylic acids is 1. The quantitative estimate of drug-likeness (QED) is 0.835. The lowest BCUT2D eigenvalue weighted by molar-refractivity contribution is -0.141. The highest BCUT2D eigenvalue weighted by molar-refractivity contribution is 7.89. The molecule has 0 aliphatic rings. The van der Waals surface area contributed by atoms with E-state index in [-0.39, 0.29) is 12.1 Å². The van der Waals surface area contributed by atoms with Crippen LogP contribution in [0.15, 0.2) is 17.0 Å². The molecule has 1 aromatic rings. The lowest BCUT2D eigenvalue weighted by Gasteiger charge is -2.19. The molecule has 5 nitrogen and oxygen atoms in total. The Kier molecular flexibility index (Phi) is 4.77. The first-order valence-corrected chi connectivity index (χ1v) is 6.85. The van der Waals surface area contributed by atoms with Crippen molar-refractivity contribution < 1.29 is 31.5 Å². The zero-order chi connectivity index (χ0) is 15.7. The molecule has 1 rings (SSSR count). The van der Waals surface area contributed by atoms with E-state index < -0.39 is 50.8 Å². The van der Waals surface area contributed by atoms with E-state index in [0.717, 1.165) is 7.05 Å². The Morgan fingerprint density at radius 2 is 1.75 bits per heavy atom.